The molecule has 0 radical (unpaired) electrons. The summed E-state index contributed by atoms with van der Waals surface area (Å²) >= 11 is 0. The summed E-state index contributed by atoms with van der Waals surface area (Å²) in [5.74, 6) is -1.56. The zero-order chi connectivity index (χ0) is 18.2. The first-order chi connectivity index (χ1) is 11.7. The summed E-state index contributed by atoms with van der Waals surface area (Å²) in [6.45, 7) is 1.48. The van der Waals surface area contributed by atoms with Gasteiger partial charge in [0.1, 0.15) is 5.71 Å². The number of nitrogens with zero attached hydrogens (tertiary/aromatic N) is 2. The molecular formula is C15H21N3O6S. The third-order valence-corrected chi connectivity index (χ3v) is 6.18. The Bertz CT molecular complexity index is 728. The Morgan fingerprint density at radius 3 is 2.60 bits per heavy atom. The lowest BCUT2D eigenvalue weighted by Crippen LogP contribution is -2.43. The van der Waals surface area contributed by atoms with Gasteiger partial charge in [-0.2, -0.15) is 5.10 Å². The predicted molar refractivity (Wildman–Crippen MR) is 87.3 cm³/mol. The number of hydrazone groups is 1. The van der Waals surface area contributed by atoms with E-state index in [4.69, 9.17) is 4.74 Å². The molecule has 1 saturated carbocycles. The van der Waals surface area contributed by atoms with Crippen molar-refractivity contribution in [3.63, 3.8) is 0 Å². The van der Waals surface area contributed by atoms with Gasteiger partial charge in [0.05, 0.1) is 17.5 Å². The molecule has 2 heterocycles. The second-order valence-electron chi connectivity index (χ2n) is 6.67. The lowest BCUT2D eigenvalue weighted by Gasteiger charge is -2.27. The number of ether oxygens (including phenoxy) is 1. The van der Waals surface area contributed by atoms with Crippen LogP contribution in [-0.2, 0) is 29.0 Å². The molecule has 10 heteroatoms. The highest BCUT2D eigenvalue weighted by Gasteiger charge is 2.38. The van der Waals surface area contributed by atoms with Crippen LogP contribution in [0.25, 0.3) is 0 Å². The summed E-state index contributed by atoms with van der Waals surface area (Å²) in [6, 6.07) is -0.380. The normalized spacial score (nSPS) is 26.8. The molecule has 0 aromatic rings. The number of nitrogens with one attached hydrogen (secondary N) is 1. The van der Waals surface area contributed by atoms with Crippen LogP contribution >= 0.6 is 0 Å². The Morgan fingerprint density at radius 1 is 1.28 bits per heavy atom. The topological polar surface area (TPSA) is 122 Å². The van der Waals surface area contributed by atoms with Crippen LogP contribution in [0.2, 0.25) is 0 Å². The first-order valence-corrected chi connectivity index (χ1v) is 10.2. The van der Waals surface area contributed by atoms with E-state index in [1.165, 1.54) is 6.92 Å². The molecule has 2 atom stereocenters. The van der Waals surface area contributed by atoms with E-state index in [0.717, 1.165) is 17.9 Å². The van der Waals surface area contributed by atoms with E-state index in [9.17, 15) is 22.8 Å². The maximum atomic E-state index is 12.2. The van der Waals surface area contributed by atoms with Crippen molar-refractivity contribution in [2.75, 3.05) is 11.5 Å². The minimum atomic E-state index is -3.17. The molecule has 25 heavy (non-hydrogen) atoms. The second-order valence-corrected chi connectivity index (χ2v) is 8.90. The average molecular weight is 371 g/mol. The fourth-order valence-corrected chi connectivity index (χ4v) is 4.49. The van der Waals surface area contributed by atoms with E-state index in [-0.39, 0.29) is 47.9 Å². The molecule has 0 aromatic heterocycles. The Hall–Kier alpha value is -1.97. The molecule has 1 N–H and O–H groups in total. The number of carbonyl (C=O) groups is 3. The van der Waals surface area contributed by atoms with Crippen LogP contribution in [0.3, 0.4) is 0 Å². The van der Waals surface area contributed by atoms with Gasteiger partial charge in [0.15, 0.2) is 15.9 Å². The highest BCUT2D eigenvalue weighted by atomic mass is 32.2. The molecule has 3 rings (SSSR count). The number of esters is 1. The molecule has 2 fully saturated rings. The summed E-state index contributed by atoms with van der Waals surface area (Å²) in [4.78, 5) is 36.1. The first kappa shape index (κ1) is 17.8. The van der Waals surface area contributed by atoms with Gasteiger partial charge in [0.25, 0.3) is 5.91 Å². The SMILES string of the molecule is C[C@H](OC(=O)C1=NN([C@H]2CCS(=O)(=O)C2)C(=O)CC1)C(=O)NC1CC1. The van der Waals surface area contributed by atoms with E-state index < -0.39 is 28.0 Å². The van der Waals surface area contributed by atoms with Crippen molar-refractivity contribution in [2.45, 2.75) is 57.2 Å². The summed E-state index contributed by atoms with van der Waals surface area (Å²) in [6.07, 6.45) is 1.40. The molecule has 1 aliphatic carbocycles. The van der Waals surface area contributed by atoms with Crippen molar-refractivity contribution in [2.24, 2.45) is 5.10 Å². The van der Waals surface area contributed by atoms with Crippen LogP contribution in [0.4, 0.5) is 0 Å². The van der Waals surface area contributed by atoms with Crippen molar-refractivity contribution in [3.8, 4) is 0 Å². The molecular weight excluding hydrogens is 350 g/mol. The largest absolute Gasteiger partial charge is 0.448 e. The Kier molecular flexibility index (Phi) is 4.81. The van der Waals surface area contributed by atoms with Gasteiger partial charge in [0, 0.05) is 18.9 Å². The fraction of sp³-hybridized carbons (Fsp3) is 0.733. The number of sulfone groups is 1. The molecule has 2 amide bonds. The van der Waals surface area contributed by atoms with Gasteiger partial charge < -0.3 is 10.1 Å². The van der Waals surface area contributed by atoms with Gasteiger partial charge in [-0.1, -0.05) is 0 Å². The lowest BCUT2D eigenvalue weighted by molar-refractivity contribution is -0.149. The average Bonchev–Trinajstić information content (AvgIpc) is 3.28. The van der Waals surface area contributed by atoms with Crippen LogP contribution in [0, 0.1) is 0 Å². The summed E-state index contributed by atoms with van der Waals surface area (Å²) in [5.41, 5.74) is 0.0370. The lowest BCUT2D eigenvalue weighted by atomic mass is 10.1. The molecule has 3 aliphatic rings. The smallest absolute Gasteiger partial charge is 0.355 e. The van der Waals surface area contributed by atoms with Gasteiger partial charge in [-0.15, -0.1) is 0 Å². The van der Waals surface area contributed by atoms with Crippen molar-refractivity contribution in [1.29, 1.82) is 0 Å². The highest BCUT2D eigenvalue weighted by Crippen LogP contribution is 2.22. The van der Waals surface area contributed by atoms with Crippen molar-refractivity contribution in [1.82, 2.24) is 10.3 Å². The van der Waals surface area contributed by atoms with Crippen molar-refractivity contribution >= 4 is 33.3 Å². The Morgan fingerprint density at radius 2 is 2.00 bits per heavy atom. The predicted octanol–water partition coefficient (Wildman–Crippen LogP) is -0.638. The highest BCUT2D eigenvalue weighted by molar-refractivity contribution is 7.91. The quantitative estimate of drug-likeness (QED) is 0.642. The first-order valence-electron chi connectivity index (χ1n) is 8.36. The van der Waals surface area contributed by atoms with Crippen molar-refractivity contribution < 1.29 is 27.5 Å². The molecule has 2 aliphatic heterocycles. The molecule has 0 aromatic carbocycles. The second kappa shape index (κ2) is 6.74. The van der Waals surface area contributed by atoms with Crippen LogP contribution in [-0.4, -0.2) is 66.6 Å². The Balaban J connectivity index is 1.63. The molecule has 0 unspecified atom stereocenters. The number of hydrogen-bond donors (Lipinski definition) is 1. The Labute approximate surface area is 145 Å². The van der Waals surface area contributed by atoms with E-state index in [1.807, 2.05) is 0 Å². The number of rotatable bonds is 5. The van der Waals surface area contributed by atoms with Gasteiger partial charge in [0.2, 0.25) is 5.91 Å². The summed E-state index contributed by atoms with van der Waals surface area (Å²) in [7, 11) is -3.17. The molecule has 138 valence electrons. The number of amides is 2. The van der Waals surface area contributed by atoms with Gasteiger partial charge in [-0.3, -0.25) is 9.59 Å². The van der Waals surface area contributed by atoms with E-state index in [1.54, 1.807) is 0 Å². The van der Waals surface area contributed by atoms with Gasteiger partial charge >= 0.3 is 5.97 Å². The van der Waals surface area contributed by atoms with E-state index in [0.29, 0.717) is 6.42 Å². The van der Waals surface area contributed by atoms with Crippen LogP contribution in [0.1, 0.15) is 39.0 Å². The van der Waals surface area contributed by atoms with Crippen molar-refractivity contribution in [3.05, 3.63) is 0 Å². The van der Waals surface area contributed by atoms with E-state index >= 15 is 0 Å². The minimum absolute atomic E-state index is 0.00905. The van der Waals surface area contributed by atoms with Crippen LogP contribution in [0.15, 0.2) is 5.10 Å². The zero-order valence-corrected chi connectivity index (χ0v) is 14.8. The van der Waals surface area contributed by atoms with Crippen LogP contribution in [0.5, 0.6) is 0 Å². The maximum absolute atomic E-state index is 12.2. The van der Waals surface area contributed by atoms with Gasteiger partial charge in [-0.05, 0) is 26.2 Å². The fourth-order valence-electron chi connectivity index (χ4n) is 2.80. The minimum Gasteiger partial charge on any atom is -0.448 e. The van der Waals surface area contributed by atoms with Crippen LogP contribution < -0.4 is 5.32 Å². The monoisotopic (exact) mass is 371 g/mol. The third-order valence-electron chi connectivity index (χ3n) is 4.43. The standard InChI is InChI=1S/C15H21N3O6S/c1-9(14(20)16-10-2-3-10)24-15(21)12-4-5-13(19)18(17-12)11-6-7-25(22,23)8-11/h9-11H,2-8H2,1H3,(H,16,20)/t9-,11-/m0/s1. The zero-order valence-electron chi connectivity index (χ0n) is 13.9. The summed E-state index contributed by atoms with van der Waals surface area (Å²) in [5, 5.41) is 7.87. The van der Waals surface area contributed by atoms with E-state index in [2.05, 4.69) is 10.4 Å². The molecule has 0 bridgehead atoms. The number of carbonyl (C=O) groups excluding carboxylic acids is 3. The molecule has 9 nitrogen and oxygen atoms in total. The maximum Gasteiger partial charge on any atom is 0.355 e. The molecule has 0 spiro atoms. The van der Waals surface area contributed by atoms with Gasteiger partial charge in [-0.25, -0.2) is 18.2 Å². The molecule has 1 saturated heterocycles. The number of hydrogen-bond acceptors (Lipinski definition) is 7. The third kappa shape index (κ3) is 4.36. The summed E-state index contributed by atoms with van der Waals surface area (Å²) < 4.78 is 28.3.